The minimum atomic E-state index is -0.540. The number of carbonyl (C=O) groups is 1. The monoisotopic (exact) mass is 279 g/mol. The van der Waals surface area contributed by atoms with E-state index in [2.05, 4.69) is 17.2 Å². The molecule has 110 valence electrons. The molecule has 4 nitrogen and oxygen atoms in total. The van der Waals surface area contributed by atoms with Gasteiger partial charge in [0.1, 0.15) is 0 Å². The average Bonchev–Trinajstić information content (AvgIpc) is 3.26. The van der Waals surface area contributed by atoms with Crippen molar-refractivity contribution in [3.8, 4) is 0 Å². The van der Waals surface area contributed by atoms with Crippen LogP contribution in [0.3, 0.4) is 0 Å². The Labute approximate surface area is 119 Å². The zero-order valence-electron chi connectivity index (χ0n) is 12.2. The zero-order valence-corrected chi connectivity index (χ0v) is 12.2. The van der Waals surface area contributed by atoms with Crippen LogP contribution in [-0.4, -0.2) is 34.9 Å². The summed E-state index contributed by atoms with van der Waals surface area (Å²) >= 11 is 0. The Morgan fingerprint density at radius 3 is 2.85 bits per heavy atom. The molecular weight excluding hydrogens is 257 g/mol. The van der Waals surface area contributed by atoms with E-state index in [9.17, 15) is 9.18 Å². The molecule has 0 bridgehead atoms. The number of nitrogens with zero attached hydrogens (tertiary/aromatic N) is 2. The Hall–Kier alpha value is -1.65. The van der Waals surface area contributed by atoms with E-state index in [1.165, 1.54) is 12.3 Å². The molecule has 0 spiro atoms. The molecule has 1 amide bonds. The van der Waals surface area contributed by atoms with Crippen molar-refractivity contribution in [3.05, 3.63) is 23.6 Å². The quantitative estimate of drug-likeness (QED) is 0.834. The van der Waals surface area contributed by atoms with Gasteiger partial charge in [0, 0.05) is 25.3 Å². The smallest absolute Gasteiger partial charge is 0.257 e. The fourth-order valence-corrected chi connectivity index (χ4v) is 2.22. The van der Waals surface area contributed by atoms with Crippen LogP contribution in [0.2, 0.25) is 0 Å². The molecule has 20 heavy (non-hydrogen) atoms. The summed E-state index contributed by atoms with van der Waals surface area (Å²) in [6.45, 7) is 5.24. The van der Waals surface area contributed by atoms with E-state index in [4.69, 9.17) is 0 Å². The summed E-state index contributed by atoms with van der Waals surface area (Å²) in [6, 6.07) is 1.77. The number of unbranched alkanes of at least 4 members (excludes halogenated alkanes) is 1. The van der Waals surface area contributed by atoms with Gasteiger partial charge in [0.15, 0.2) is 11.6 Å². The fraction of sp³-hybridized carbons (Fsp3) is 0.600. The molecule has 0 aromatic carbocycles. The summed E-state index contributed by atoms with van der Waals surface area (Å²) in [7, 11) is 0. The molecule has 0 unspecified atom stereocenters. The highest BCUT2D eigenvalue weighted by Crippen LogP contribution is 2.29. The van der Waals surface area contributed by atoms with Gasteiger partial charge < -0.3 is 10.2 Å². The minimum absolute atomic E-state index is 0.124. The lowest BCUT2D eigenvalue weighted by atomic mass is 10.2. The third kappa shape index (κ3) is 3.26. The Balaban J connectivity index is 2.20. The van der Waals surface area contributed by atoms with Crippen LogP contribution in [0.5, 0.6) is 0 Å². The van der Waals surface area contributed by atoms with Gasteiger partial charge in [0.2, 0.25) is 0 Å². The first-order valence-electron chi connectivity index (χ1n) is 7.38. The van der Waals surface area contributed by atoms with Crippen molar-refractivity contribution in [1.82, 2.24) is 9.88 Å². The maximum Gasteiger partial charge on any atom is 0.257 e. The Bertz CT molecular complexity index is 474. The highest BCUT2D eigenvalue weighted by molar-refractivity contribution is 5.95. The molecule has 1 saturated carbocycles. The van der Waals surface area contributed by atoms with Gasteiger partial charge in [-0.15, -0.1) is 0 Å². The number of anilines is 1. The number of hydrogen-bond acceptors (Lipinski definition) is 3. The average molecular weight is 279 g/mol. The summed E-state index contributed by atoms with van der Waals surface area (Å²) in [5.41, 5.74) is 0.124. The normalized spacial score (nSPS) is 14.2. The highest BCUT2D eigenvalue weighted by Gasteiger charge is 2.33. The summed E-state index contributed by atoms with van der Waals surface area (Å²) in [4.78, 5) is 18.3. The number of aromatic nitrogens is 1. The zero-order chi connectivity index (χ0) is 14.5. The standard InChI is InChI=1S/C15H22FN3O/c1-3-5-10-19(11-6-7-11)15(20)12-8-9-18-14(13(12)16)17-4-2/h8-9,11H,3-7,10H2,1-2H3,(H,17,18). The van der Waals surface area contributed by atoms with E-state index in [0.717, 1.165) is 25.7 Å². The van der Waals surface area contributed by atoms with Crippen LogP contribution in [0.4, 0.5) is 10.2 Å². The van der Waals surface area contributed by atoms with E-state index >= 15 is 0 Å². The van der Waals surface area contributed by atoms with Crippen molar-refractivity contribution in [1.29, 1.82) is 0 Å². The molecule has 1 aliphatic carbocycles. The van der Waals surface area contributed by atoms with Crippen molar-refractivity contribution >= 4 is 11.7 Å². The van der Waals surface area contributed by atoms with E-state index in [1.54, 1.807) is 0 Å². The molecule has 0 aliphatic heterocycles. The van der Waals surface area contributed by atoms with E-state index < -0.39 is 5.82 Å². The Morgan fingerprint density at radius 1 is 1.50 bits per heavy atom. The van der Waals surface area contributed by atoms with Crippen LogP contribution in [-0.2, 0) is 0 Å². The van der Waals surface area contributed by atoms with Crippen molar-refractivity contribution in [2.24, 2.45) is 0 Å². The number of amides is 1. The van der Waals surface area contributed by atoms with Gasteiger partial charge in [-0.3, -0.25) is 4.79 Å². The third-order valence-corrected chi connectivity index (χ3v) is 3.46. The molecule has 2 rings (SSSR count). The van der Waals surface area contributed by atoms with Gasteiger partial charge in [-0.1, -0.05) is 13.3 Å². The Kier molecular flexibility index (Phi) is 4.93. The summed E-state index contributed by atoms with van der Waals surface area (Å²) in [6.07, 6.45) is 5.52. The lowest BCUT2D eigenvalue weighted by Crippen LogP contribution is -2.34. The molecular formula is C15H22FN3O. The number of carbonyl (C=O) groups excluding carboxylic acids is 1. The predicted octanol–water partition coefficient (Wildman–Crippen LogP) is 3.06. The van der Waals surface area contributed by atoms with Gasteiger partial charge in [0.25, 0.3) is 5.91 Å². The lowest BCUT2D eigenvalue weighted by molar-refractivity contribution is 0.0736. The fourth-order valence-electron chi connectivity index (χ4n) is 2.22. The van der Waals surface area contributed by atoms with Crippen molar-refractivity contribution in [3.63, 3.8) is 0 Å². The molecule has 1 aliphatic rings. The number of hydrogen-bond donors (Lipinski definition) is 1. The minimum Gasteiger partial charge on any atom is -0.368 e. The van der Waals surface area contributed by atoms with Gasteiger partial charge >= 0.3 is 0 Å². The predicted molar refractivity (Wildman–Crippen MR) is 77.3 cm³/mol. The largest absolute Gasteiger partial charge is 0.368 e. The first kappa shape index (κ1) is 14.8. The first-order valence-corrected chi connectivity index (χ1v) is 7.38. The van der Waals surface area contributed by atoms with Crippen LogP contribution in [0, 0.1) is 5.82 Å². The second-order valence-corrected chi connectivity index (χ2v) is 5.13. The van der Waals surface area contributed by atoms with Crippen LogP contribution < -0.4 is 5.32 Å². The lowest BCUT2D eigenvalue weighted by Gasteiger charge is -2.22. The third-order valence-electron chi connectivity index (χ3n) is 3.46. The molecule has 1 N–H and O–H groups in total. The van der Waals surface area contributed by atoms with Crippen molar-refractivity contribution in [2.45, 2.75) is 45.6 Å². The van der Waals surface area contributed by atoms with E-state index in [-0.39, 0.29) is 17.3 Å². The van der Waals surface area contributed by atoms with Crippen molar-refractivity contribution < 1.29 is 9.18 Å². The van der Waals surface area contributed by atoms with E-state index in [1.807, 2.05) is 11.8 Å². The van der Waals surface area contributed by atoms with Crippen LogP contribution in [0.25, 0.3) is 0 Å². The molecule has 5 heteroatoms. The van der Waals surface area contributed by atoms with Crippen LogP contribution in [0.15, 0.2) is 12.3 Å². The van der Waals surface area contributed by atoms with E-state index in [0.29, 0.717) is 19.1 Å². The first-order chi connectivity index (χ1) is 9.69. The van der Waals surface area contributed by atoms with Gasteiger partial charge in [-0.05, 0) is 32.3 Å². The number of pyridine rings is 1. The van der Waals surface area contributed by atoms with Crippen LogP contribution in [0.1, 0.15) is 49.9 Å². The summed E-state index contributed by atoms with van der Waals surface area (Å²) in [5, 5.41) is 2.84. The van der Waals surface area contributed by atoms with Gasteiger partial charge in [-0.2, -0.15) is 0 Å². The number of halogens is 1. The second kappa shape index (κ2) is 6.68. The summed E-state index contributed by atoms with van der Waals surface area (Å²) < 4.78 is 14.3. The molecule has 0 radical (unpaired) electrons. The maximum atomic E-state index is 14.3. The molecule has 0 atom stereocenters. The SMILES string of the molecule is CCCCN(C(=O)c1ccnc(NCC)c1F)C1CC1. The highest BCUT2D eigenvalue weighted by atomic mass is 19.1. The number of nitrogens with one attached hydrogen (secondary N) is 1. The van der Waals surface area contributed by atoms with Gasteiger partial charge in [-0.25, -0.2) is 9.37 Å². The van der Waals surface area contributed by atoms with Gasteiger partial charge in [0.05, 0.1) is 5.56 Å². The molecule has 1 aromatic heterocycles. The second-order valence-electron chi connectivity index (χ2n) is 5.13. The van der Waals surface area contributed by atoms with Crippen molar-refractivity contribution in [2.75, 3.05) is 18.4 Å². The molecule has 1 aromatic rings. The topological polar surface area (TPSA) is 45.2 Å². The number of rotatable bonds is 7. The maximum absolute atomic E-state index is 14.3. The molecule has 1 fully saturated rings. The summed E-state index contributed by atoms with van der Waals surface area (Å²) in [5.74, 6) is -0.592. The van der Waals surface area contributed by atoms with Crippen LogP contribution >= 0.6 is 0 Å². The molecule has 0 saturated heterocycles. The Morgan fingerprint density at radius 2 is 2.25 bits per heavy atom. The molecule has 1 heterocycles.